The van der Waals surface area contributed by atoms with Crippen LogP contribution in [0, 0.1) is 3.57 Å². The van der Waals surface area contributed by atoms with E-state index in [1.165, 1.54) is 20.3 Å². The van der Waals surface area contributed by atoms with E-state index in [0.717, 1.165) is 12.8 Å². The zero-order chi connectivity index (χ0) is 13.7. The summed E-state index contributed by atoms with van der Waals surface area (Å²) in [5.74, 6) is 5.73. The normalized spacial score (nSPS) is 12.4. The summed E-state index contributed by atoms with van der Waals surface area (Å²) in [5.41, 5.74) is 6.69. The van der Waals surface area contributed by atoms with Crippen LogP contribution in [0.1, 0.15) is 29.7 Å². The molecule has 100 valence electrons. The van der Waals surface area contributed by atoms with Gasteiger partial charge in [0.2, 0.25) is 0 Å². The van der Waals surface area contributed by atoms with Gasteiger partial charge in [-0.15, -0.1) is 0 Å². The minimum Gasteiger partial charge on any atom is -0.271 e. The van der Waals surface area contributed by atoms with E-state index in [2.05, 4.69) is 70.3 Å². The van der Waals surface area contributed by atoms with Crippen molar-refractivity contribution in [1.29, 1.82) is 0 Å². The SMILES string of the molecule is CCc1cnccc1C(Cc1ccc(I)cc1)NN. The van der Waals surface area contributed by atoms with E-state index < -0.39 is 0 Å². The number of hydrazine groups is 1. The fraction of sp³-hybridized carbons (Fsp3) is 0.267. The Morgan fingerprint density at radius 1 is 1.26 bits per heavy atom. The third kappa shape index (κ3) is 3.75. The maximum absolute atomic E-state index is 5.73. The second kappa shape index (κ2) is 6.98. The van der Waals surface area contributed by atoms with Crippen LogP contribution in [-0.2, 0) is 12.8 Å². The molecule has 0 fully saturated rings. The Bertz CT molecular complexity index is 525. The molecule has 0 aliphatic heterocycles. The molecule has 0 spiro atoms. The summed E-state index contributed by atoms with van der Waals surface area (Å²) in [6.45, 7) is 2.14. The summed E-state index contributed by atoms with van der Waals surface area (Å²) in [6, 6.07) is 10.7. The van der Waals surface area contributed by atoms with E-state index in [4.69, 9.17) is 5.84 Å². The molecule has 1 unspecified atom stereocenters. The topological polar surface area (TPSA) is 50.9 Å². The third-order valence-electron chi connectivity index (χ3n) is 3.25. The van der Waals surface area contributed by atoms with Gasteiger partial charge < -0.3 is 0 Å². The molecule has 1 aromatic carbocycles. The van der Waals surface area contributed by atoms with E-state index >= 15 is 0 Å². The molecule has 0 radical (unpaired) electrons. The molecule has 4 heteroatoms. The van der Waals surface area contributed by atoms with Gasteiger partial charge >= 0.3 is 0 Å². The minimum atomic E-state index is 0.123. The molecule has 1 heterocycles. The fourth-order valence-corrected chi connectivity index (χ4v) is 2.55. The summed E-state index contributed by atoms with van der Waals surface area (Å²) < 4.78 is 1.25. The summed E-state index contributed by atoms with van der Waals surface area (Å²) in [7, 11) is 0. The fourth-order valence-electron chi connectivity index (χ4n) is 2.19. The lowest BCUT2D eigenvalue weighted by molar-refractivity contribution is 0.547. The highest BCUT2D eigenvalue weighted by atomic mass is 127. The molecular formula is C15H18IN3. The van der Waals surface area contributed by atoms with Crippen molar-refractivity contribution in [1.82, 2.24) is 10.4 Å². The second-order valence-electron chi connectivity index (χ2n) is 4.48. The van der Waals surface area contributed by atoms with E-state index in [1.54, 1.807) is 0 Å². The van der Waals surface area contributed by atoms with Crippen LogP contribution < -0.4 is 11.3 Å². The van der Waals surface area contributed by atoms with E-state index in [1.807, 2.05) is 12.4 Å². The van der Waals surface area contributed by atoms with Gasteiger partial charge in [0.15, 0.2) is 0 Å². The quantitative estimate of drug-likeness (QED) is 0.485. The number of hydrogen-bond donors (Lipinski definition) is 2. The molecule has 0 aliphatic carbocycles. The molecule has 3 N–H and O–H groups in total. The van der Waals surface area contributed by atoms with Crippen LogP contribution >= 0.6 is 22.6 Å². The molecule has 3 nitrogen and oxygen atoms in total. The van der Waals surface area contributed by atoms with Crippen molar-refractivity contribution >= 4 is 22.6 Å². The minimum absolute atomic E-state index is 0.123. The van der Waals surface area contributed by atoms with Crippen LogP contribution in [0.2, 0.25) is 0 Å². The summed E-state index contributed by atoms with van der Waals surface area (Å²) in [4.78, 5) is 4.18. The van der Waals surface area contributed by atoms with Crippen LogP contribution in [0.4, 0.5) is 0 Å². The smallest absolute Gasteiger partial charge is 0.0504 e. The lowest BCUT2D eigenvalue weighted by Gasteiger charge is -2.19. The zero-order valence-electron chi connectivity index (χ0n) is 10.9. The van der Waals surface area contributed by atoms with Gasteiger partial charge in [0.05, 0.1) is 6.04 Å². The van der Waals surface area contributed by atoms with Crippen molar-refractivity contribution in [2.24, 2.45) is 5.84 Å². The number of aryl methyl sites for hydroxylation is 1. The molecule has 0 amide bonds. The first-order chi connectivity index (χ1) is 9.24. The Balaban J connectivity index is 2.22. The Kier molecular flexibility index (Phi) is 5.30. The number of nitrogens with one attached hydrogen (secondary N) is 1. The van der Waals surface area contributed by atoms with Crippen molar-refractivity contribution < 1.29 is 0 Å². The van der Waals surface area contributed by atoms with E-state index in [0.29, 0.717) is 0 Å². The average molecular weight is 367 g/mol. The highest BCUT2D eigenvalue weighted by Crippen LogP contribution is 2.21. The molecule has 0 aliphatic rings. The molecule has 19 heavy (non-hydrogen) atoms. The summed E-state index contributed by atoms with van der Waals surface area (Å²) in [6.07, 6.45) is 5.60. The van der Waals surface area contributed by atoms with Crippen molar-refractivity contribution in [3.8, 4) is 0 Å². The summed E-state index contributed by atoms with van der Waals surface area (Å²) in [5, 5.41) is 0. The van der Waals surface area contributed by atoms with Gasteiger partial charge in [-0.1, -0.05) is 19.1 Å². The van der Waals surface area contributed by atoms with Gasteiger partial charge in [0.25, 0.3) is 0 Å². The number of rotatable bonds is 5. The molecular weight excluding hydrogens is 349 g/mol. The first-order valence-electron chi connectivity index (χ1n) is 6.38. The molecule has 2 aromatic rings. The highest BCUT2D eigenvalue weighted by molar-refractivity contribution is 14.1. The Labute approximate surface area is 127 Å². The molecule has 0 saturated heterocycles. The highest BCUT2D eigenvalue weighted by Gasteiger charge is 2.13. The number of pyridine rings is 1. The van der Waals surface area contributed by atoms with Crippen molar-refractivity contribution in [3.05, 3.63) is 63.0 Å². The Hall–Kier alpha value is -0.980. The van der Waals surface area contributed by atoms with Crippen molar-refractivity contribution in [2.45, 2.75) is 25.8 Å². The van der Waals surface area contributed by atoms with E-state index in [9.17, 15) is 0 Å². The number of nitrogens with zero attached hydrogens (tertiary/aromatic N) is 1. The first kappa shape index (κ1) is 14.4. The predicted molar refractivity (Wildman–Crippen MR) is 86.5 cm³/mol. The molecule has 2 rings (SSSR count). The number of halogens is 1. The number of nitrogens with two attached hydrogens (primary N) is 1. The van der Waals surface area contributed by atoms with Gasteiger partial charge in [-0.05, 0) is 70.3 Å². The van der Waals surface area contributed by atoms with Gasteiger partial charge in [0.1, 0.15) is 0 Å². The molecule has 1 aromatic heterocycles. The predicted octanol–water partition coefficient (Wildman–Crippen LogP) is 3.00. The van der Waals surface area contributed by atoms with Crippen molar-refractivity contribution in [2.75, 3.05) is 0 Å². The van der Waals surface area contributed by atoms with Crippen LogP contribution in [-0.4, -0.2) is 4.98 Å². The second-order valence-corrected chi connectivity index (χ2v) is 5.72. The monoisotopic (exact) mass is 367 g/mol. The van der Waals surface area contributed by atoms with Gasteiger partial charge in [0, 0.05) is 16.0 Å². The van der Waals surface area contributed by atoms with Gasteiger partial charge in [-0.25, -0.2) is 0 Å². The Morgan fingerprint density at radius 3 is 2.63 bits per heavy atom. The maximum atomic E-state index is 5.73. The summed E-state index contributed by atoms with van der Waals surface area (Å²) >= 11 is 2.31. The van der Waals surface area contributed by atoms with Crippen LogP contribution in [0.5, 0.6) is 0 Å². The molecule has 1 atom stereocenters. The largest absolute Gasteiger partial charge is 0.271 e. The lowest BCUT2D eigenvalue weighted by atomic mass is 9.96. The van der Waals surface area contributed by atoms with Crippen LogP contribution in [0.15, 0.2) is 42.7 Å². The number of aromatic nitrogens is 1. The first-order valence-corrected chi connectivity index (χ1v) is 7.45. The zero-order valence-corrected chi connectivity index (χ0v) is 13.1. The van der Waals surface area contributed by atoms with Crippen LogP contribution in [0.25, 0.3) is 0 Å². The lowest BCUT2D eigenvalue weighted by Crippen LogP contribution is -2.30. The van der Waals surface area contributed by atoms with E-state index in [-0.39, 0.29) is 6.04 Å². The number of hydrogen-bond acceptors (Lipinski definition) is 3. The number of benzene rings is 1. The average Bonchev–Trinajstić information content (AvgIpc) is 2.46. The Morgan fingerprint density at radius 2 is 2.00 bits per heavy atom. The van der Waals surface area contributed by atoms with Crippen molar-refractivity contribution in [3.63, 3.8) is 0 Å². The third-order valence-corrected chi connectivity index (χ3v) is 3.97. The van der Waals surface area contributed by atoms with Gasteiger partial charge in [-0.2, -0.15) is 0 Å². The maximum Gasteiger partial charge on any atom is 0.0504 e. The van der Waals surface area contributed by atoms with Gasteiger partial charge in [-0.3, -0.25) is 16.3 Å². The standard InChI is InChI=1S/C15H18IN3/c1-2-12-10-18-8-7-14(12)15(19-17)9-11-3-5-13(16)6-4-11/h3-8,10,15,19H,2,9,17H2,1H3. The molecule has 0 saturated carbocycles. The molecule has 0 bridgehead atoms. The van der Waals surface area contributed by atoms with Crippen LogP contribution in [0.3, 0.4) is 0 Å².